The molecule has 0 aliphatic rings. The predicted molar refractivity (Wildman–Crippen MR) is 235 cm³/mol. The van der Waals surface area contributed by atoms with Crippen molar-refractivity contribution in [3.8, 4) is 22.3 Å². The highest BCUT2D eigenvalue weighted by Gasteiger charge is 2.27. The van der Waals surface area contributed by atoms with E-state index >= 15 is 0 Å². The molecule has 13 rings (SSSR count). The van der Waals surface area contributed by atoms with Crippen molar-refractivity contribution >= 4 is 108 Å². The molecule has 0 fully saturated rings. The standard InChI is InChI=1S/C54H32/c1-29-11-3-6-16-35(29)50-45-28-42-41(39-24-23-32-22-21-31-14-9-15-34-26-43(42)52(39)48(32)47(31)34)27-44(45)51(36-17-7-4-12-30(36)2)54-46-25-33-13-5-8-18-37(33)38-19-10-20-40(49(38)46)53(50)54/h3-28H,1-2H3. The summed E-state index contributed by atoms with van der Waals surface area (Å²) in [7, 11) is 0. The Bertz CT molecular complexity index is 3730. The summed E-state index contributed by atoms with van der Waals surface area (Å²) in [5.74, 6) is 0. The molecule has 0 nitrogen and oxygen atoms in total. The Kier molecular flexibility index (Phi) is 5.33. The number of hydrogen-bond donors (Lipinski definition) is 0. The Balaban J connectivity index is 1.36. The lowest BCUT2D eigenvalue weighted by Crippen LogP contribution is -1.92. The van der Waals surface area contributed by atoms with E-state index in [2.05, 4.69) is 172 Å². The van der Waals surface area contributed by atoms with Crippen LogP contribution in [0.4, 0.5) is 0 Å². The predicted octanol–water partition coefficient (Wildman–Crippen LogP) is 15.5. The number of hydrogen-bond acceptors (Lipinski definition) is 0. The van der Waals surface area contributed by atoms with Gasteiger partial charge < -0.3 is 0 Å². The van der Waals surface area contributed by atoms with Crippen LogP contribution in [0, 0.1) is 13.8 Å². The van der Waals surface area contributed by atoms with Crippen molar-refractivity contribution in [2.24, 2.45) is 0 Å². The van der Waals surface area contributed by atoms with Gasteiger partial charge in [0.25, 0.3) is 0 Å². The number of rotatable bonds is 2. The molecule has 0 atom stereocenters. The van der Waals surface area contributed by atoms with Crippen molar-refractivity contribution in [3.63, 3.8) is 0 Å². The van der Waals surface area contributed by atoms with Crippen molar-refractivity contribution in [2.45, 2.75) is 13.8 Å². The zero-order valence-corrected chi connectivity index (χ0v) is 30.0. The van der Waals surface area contributed by atoms with E-state index in [0.29, 0.717) is 0 Å². The highest BCUT2D eigenvalue weighted by atomic mass is 14.3. The third-order valence-corrected chi connectivity index (χ3v) is 12.9. The quantitative estimate of drug-likeness (QED) is 0.159. The summed E-state index contributed by atoms with van der Waals surface area (Å²) in [5, 5.41) is 26.8. The van der Waals surface area contributed by atoms with Gasteiger partial charge in [0.15, 0.2) is 0 Å². The van der Waals surface area contributed by atoms with Crippen molar-refractivity contribution in [1.82, 2.24) is 0 Å². The fourth-order valence-corrected chi connectivity index (χ4v) is 10.6. The maximum absolute atomic E-state index is 2.57. The topological polar surface area (TPSA) is 0 Å². The van der Waals surface area contributed by atoms with E-state index < -0.39 is 0 Å². The Hall–Kier alpha value is -6.76. The van der Waals surface area contributed by atoms with Crippen LogP contribution < -0.4 is 0 Å². The van der Waals surface area contributed by atoms with Crippen LogP contribution in [0.3, 0.4) is 0 Å². The van der Waals surface area contributed by atoms with Gasteiger partial charge in [-0.3, -0.25) is 0 Å². The minimum atomic E-state index is 1.28. The Labute approximate surface area is 311 Å². The fraction of sp³-hybridized carbons (Fsp3) is 0.0370. The van der Waals surface area contributed by atoms with E-state index in [-0.39, 0.29) is 0 Å². The van der Waals surface area contributed by atoms with Gasteiger partial charge in [0.2, 0.25) is 0 Å². The Morgan fingerprint density at radius 2 is 0.759 bits per heavy atom. The minimum Gasteiger partial charge on any atom is -0.0620 e. The largest absolute Gasteiger partial charge is 0.0620 e. The van der Waals surface area contributed by atoms with Crippen molar-refractivity contribution in [3.05, 3.63) is 169 Å². The summed E-state index contributed by atoms with van der Waals surface area (Å²) in [6, 6.07) is 60.1. The first-order valence-electron chi connectivity index (χ1n) is 19.1. The second kappa shape index (κ2) is 10.0. The van der Waals surface area contributed by atoms with Crippen molar-refractivity contribution < 1.29 is 0 Å². The average molecular weight is 681 g/mol. The lowest BCUT2D eigenvalue weighted by atomic mass is 9.83. The summed E-state index contributed by atoms with van der Waals surface area (Å²) >= 11 is 0. The monoisotopic (exact) mass is 680 g/mol. The van der Waals surface area contributed by atoms with Crippen LogP contribution in [-0.4, -0.2) is 0 Å². The molecule has 0 aromatic heterocycles. The molecule has 0 radical (unpaired) electrons. The van der Waals surface area contributed by atoms with E-state index in [1.54, 1.807) is 0 Å². The average Bonchev–Trinajstić information content (AvgIpc) is 3.70. The molecule has 0 N–H and O–H groups in total. The van der Waals surface area contributed by atoms with Gasteiger partial charge in [-0.25, -0.2) is 0 Å². The van der Waals surface area contributed by atoms with E-state index in [1.807, 2.05) is 0 Å². The molecule has 0 aliphatic carbocycles. The second-order valence-corrected chi connectivity index (χ2v) is 15.6. The van der Waals surface area contributed by atoms with E-state index in [4.69, 9.17) is 0 Å². The maximum Gasteiger partial charge on any atom is -0.000709 e. The first-order chi connectivity index (χ1) is 26.6. The lowest BCUT2D eigenvalue weighted by Gasteiger charge is -2.19. The molecule has 0 heteroatoms. The smallest absolute Gasteiger partial charge is 0.000709 e. The molecule has 0 saturated carbocycles. The molecule has 13 aromatic rings. The van der Waals surface area contributed by atoms with Crippen LogP contribution >= 0.6 is 0 Å². The highest BCUT2D eigenvalue weighted by Crippen LogP contribution is 2.55. The molecule has 13 aromatic carbocycles. The molecule has 0 aliphatic heterocycles. The lowest BCUT2D eigenvalue weighted by molar-refractivity contribution is 1.47. The highest BCUT2D eigenvalue weighted by molar-refractivity contribution is 6.45. The molecule has 0 unspecified atom stereocenters. The van der Waals surface area contributed by atoms with Gasteiger partial charge in [-0.15, -0.1) is 0 Å². The van der Waals surface area contributed by atoms with Gasteiger partial charge in [-0.05, 0) is 179 Å². The minimum absolute atomic E-state index is 1.28. The van der Waals surface area contributed by atoms with Crippen LogP contribution in [0.15, 0.2) is 158 Å². The fourth-order valence-electron chi connectivity index (χ4n) is 10.6. The molecule has 54 heavy (non-hydrogen) atoms. The summed E-state index contributed by atoms with van der Waals surface area (Å²) in [6.45, 7) is 4.56. The molecule has 0 saturated heterocycles. The van der Waals surface area contributed by atoms with Gasteiger partial charge in [0.05, 0.1) is 0 Å². The van der Waals surface area contributed by atoms with Gasteiger partial charge in [0.1, 0.15) is 0 Å². The second-order valence-electron chi connectivity index (χ2n) is 15.6. The number of benzene rings is 11. The van der Waals surface area contributed by atoms with Crippen LogP contribution in [0.5, 0.6) is 0 Å². The summed E-state index contributed by atoms with van der Waals surface area (Å²) in [4.78, 5) is 0. The van der Waals surface area contributed by atoms with Gasteiger partial charge in [-0.2, -0.15) is 0 Å². The maximum atomic E-state index is 2.57. The first kappa shape index (κ1) is 28.8. The zero-order valence-electron chi connectivity index (χ0n) is 30.0. The molecule has 0 spiro atoms. The summed E-state index contributed by atoms with van der Waals surface area (Å²) < 4.78 is 0. The Morgan fingerprint density at radius 3 is 1.52 bits per heavy atom. The molecular weight excluding hydrogens is 649 g/mol. The third kappa shape index (κ3) is 3.45. The number of aryl methyl sites for hydroxylation is 2. The molecule has 0 heterocycles. The first-order valence-corrected chi connectivity index (χ1v) is 19.1. The third-order valence-electron chi connectivity index (χ3n) is 12.9. The van der Waals surface area contributed by atoms with Crippen LogP contribution in [0.25, 0.3) is 130 Å². The van der Waals surface area contributed by atoms with E-state index in [1.165, 1.54) is 141 Å². The van der Waals surface area contributed by atoms with Gasteiger partial charge in [0, 0.05) is 0 Å². The van der Waals surface area contributed by atoms with Gasteiger partial charge >= 0.3 is 0 Å². The number of fused-ring (bicyclic) bond motifs is 9. The molecule has 0 amide bonds. The van der Waals surface area contributed by atoms with E-state index in [0.717, 1.165) is 0 Å². The van der Waals surface area contributed by atoms with Crippen molar-refractivity contribution in [1.29, 1.82) is 0 Å². The Morgan fingerprint density at radius 1 is 0.241 bits per heavy atom. The van der Waals surface area contributed by atoms with Crippen LogP contribution in [0.1, 0.15) is 11.1 Å². The van der Waals surface area contributed by atoms with Crippen LogP contribution in [-0.2, 0) is 0 Å². The summed E-state index contributed by atoms with van der Waals surface area (Å²) in [6.07, 6.45) is 0. The normalized spacial score (nSPS) is 12.6. The van der Waals surface area contributed by atoms with E-state index in [9.17, 15) is 0 Å². The molecule has 248 valence electrons. The van der Waals surface area contributed by atoms with Crippen LogP contribution in [0.2, 0.25) is 0 Å². The van der Waals surface area contributed by atoms with Gasteiger partial charge in [-0.1, -0.05) is 133 Å². The molecular formula is C54H32. The van der Waals surface area contributed by atoms with Crippen molar-refractivity contribution in [2.75, 3.05) is 0 Å². The molecule has 0 bridgehead atoms. The SMILES string of the molecule is Cc1ccccc1-c1c2cc3c(cc2c(-c2ccccc2C)c2c4cc5ccccc5c5cccc(c12)c54)c1ccc2ccc4cccc5cc3c1c2c45. The zero-order chi connectivity index (χ0) is 35.4. The summed E-state index contributed by atoms with van der Waals surface area (Å²) in [5.41, 5.74) is 7.87.